The Morgan fingerprint density at radius 1 is 1.37 bits per heavy atom. The molecule has 0 aromatic carbocycles. The van der Waals surface area contributed by atoms with Gasteiger partial charge in [-0.1, -0.05) is 0 Å². The first-order chi connectivity index (χ1) is 9.24. The summed E-state index contributed by atoms with van der Waals surface area (Å²) in [4.78, 5) is 14.1. The second-order valence-electron chi connectivity index (χ2n) is 5.52. The first-order valence-corrected chi connectivity index (χ1v) is 7.79. The van der Waals surface area contributed by atoms with E-state index in [1.54, 1.807) is 12.3 Å². The van der Waals surface area contributed by atoms with Gasteiger partial charge in [-0.25, -0.2) is 0 Å². The molecule has 2 heterocycles. The molecule has 1 aromatic rings. The summed E-state index contributed by atoms with van der Waals surface area (Å²) in [6.45, 7) is 2.78. The number of carbonyl (C=O) groups excluding carboxylic acids is 1. The van der Waals surface area contributed by atoms with E-state index in [2.05, 4.69) is 21.2 Å². The van der Waals surface area contributed by atoms with Crippen LogP contribution in [0.15, 0.2) is 21.2 Å². The highest BCUT2D eigenvalue weighted by atomic mass is 79.9. The number of carbonyl (C=O) groups is 1. The molecule has 0 unspecified atom stereocenters. The van der Waals surface area contributed by atoms with Gasteiger partial charge in [-0.2, -0.15) is 0 Å². The SMILES string of the molecule is O=C(c1occc1Br)N1CCC(NCC2CC2)CC1. The van der Waals surface area contributed by atoms with Crippen LogP contribution >= 0.6 is 15.9 Å². The van der Waals surface area contributed by atoms with Gasteiger partial charge in [0.25, 0.3) is 5.91 Å². The fourth-order valence-corrected chi connectivity index (χ4v) is 2.90. The van der Waals surface area contributed by atoms with Crippen molar-refractivity contribution in [3.8, 4) is 0 Å². The van der Waals surface area contributed by atoms with Crippen molar-refractivity contribution >= 4 is 21.8 Å². The summed E-state index contributed by atoms with van der Waals surface area (Å²) in [5, 5.41) is 3.62. The second-order valence-corrected chi connectivity index (χ2v) is 6.37. The number of furan rings is 1. The highest BCUT2D eigenvalue weighted by Gasteiger charge is 2.28. The molecule has 2 fully saturated rings. The van der Waals surface area contributed by atoms with E-state index in [4.69, 9.17) is 4.42 Å². The maximum Gasteiger partial charge on any atom is 0.290 e. The van der Waals surface area contributed by atoms with E-state index in [0.717, 1.165) is 42.9 Å². The number of amides is 1. The maximum atomic E-state index is 12.2. The lowest BCUT2D eigenvalue weighted by Crippen LogP contribution is -2.45. The Balaban J connectivity index is 1.49. The van der Waals surface area contributed by atoms with Gasteiger partial charge in [-0.15, -0.1) is 0 Å². The minimum Gasteiger partial charge on any atom is -0.458 e. The third-order valence-electron chi connectivity index (χ3n) is 3.99. The van der Waals surface area contributed by atoms with Crippen LogP contribution in [-0.4, -0.2) is 36.5 Å². The van der Waals surface area contributed by atoms with Gasteiger partial charge < -0.3 is 14.6 Å². The van der Waals surface area contributed by atoms with Crippen molar-refractivity contribution in [1.29, 1.82) is 0 Å². The number of likely N-dealkylation sites (tertiary alicyclic amines) is 1. The summed E-state index contributed by atoms with van der Waals surface area (Å²) in [7, 11) is 0. The molecule has 2 aliphatic rings. The standard InChI is InChI=1S/C14H19BrN2O2/c15-12-5-8-19-13(12)14(18)17-6-3-11(4-7-17)16-9-10-1-2-10/h5,8,10-11,16H,1-4,6-7,9H2. The zero-order valence-electron chi connectivity index (χ0n) is 10.9. The summed E-state index contributed by atoms with van der Waals surface area (Å²) in [5.41, 5.74) is 0. The average Bonchev–Trinajstić information content (AvgIpc) is 3.17. The Hall–Kier alpha value is -0.810. The van der Waals surface area contributed by atoms with Crippen molar-refractivity contribution in [3.05, 3.63) is 22.6 Å². The molecule has 1 aliphatic carbocycles. The number of hydrogen-bond donors (Lipinski definition) is 1. The van der Waals surface area contributed by atoms with Crippen molar-refractivity contribution in [2.24, 2.45) is 5.92 Å². The molecular weight excluding hydrogens is 308 g/mol. The van der Waals surface area contributed by atoms with Crippen LogP contribution < -0.4 is 5.32 Å². The molecule has 19 heavy (non-hydrogen) atoms. The zero-order valence-corrected chi connectivity index (χ0v) is 12.5. The molecule has 0 atom stereocenters. The lowest BCUT2D eigenvalue weighted by atomic mass is 10.0. The predicted octanol–water partition coefficient (Wildman–Crippen LogP) is 2.65. The van der Waals surface area contributed by atoms with Crippen LogP contribution in [0.2, 0.25) is 0 Å². The molecule has 1 saturated heterocycles. The van der Waals surface area contributed by atoms with Crippen molar-refractivity contribution in [2.45, 2.75) is 31.7 Å². The largest absolute Gasteiger partial charge is 0.458 e. The summed E-state index contributed by atoms with van der Waals surface area (Å²) in [6, 6.07) is 2.33. The first-order valence-electron chi connectivity index (χ1n) is 6.99. The highest BCUT2D eigenvalue weighted by Crippen LogP contribution is 2.28. The zero-order chi connectivity index (χ0) is 13.2. The third-order valence-corrected chi connectivity index (χ3v) is 4.61. The quantitative estimate of drug-likeness (QED) is 0.925. The minimum atomic E-state index is -0.00230. The Kier molecular flexibility index (Phi) is 3.93. The van der Waals surface area contributed by atoms with Crippen LogP contribution in [0.1, 0.15) is 36.2 Å². The fraction of sp³-hybridized carbons (Fsp3) is 0.643. The third kappa shape index (κ3) is 3.20. The Labute approximate surface area is 121 Å². The van der Waals surface area contributed by atoms with E-state index in [9.17, 15) is 4.79 Å². The Bertz CT molecular complexity index is 448. The van der Waals surface area contributed by atoms with Gasteiger partial charge in [0.1, 0.15) is 0 Å². The van der Waals surface area contributed by atoms with Gasteiger partial charge in [0.15, 0.2) is 0 Å². The Morgan fingerprint density at radius 3 is 2.68 bits per heavy atom. The monoisotopic (exact) mass is 326 g/mol. The molecule has 0 bridgehead atoms. The van der Waals surface area contributed by atoms with Gasteiger partial charge in [-0.3, -0.25) is 4.79 Å². The van der Waals surface area contributed by atoms with Crippen molar-refractivity contribution in [1.82, 2.24) is 10.2 Å². The minimum absolute atomic E-state index is 0.00230. The van der Waals surface area contributed by atoms with Gasteiger partial charge in [0.05, 0.1) is 10.7 Å². The molecule has 1 N–H and O–H groups in total. The lowest BCUT2D eigenvalue weighted by Gasteiger charge is -2.32. The van der Waals surface area contributed by atoms with Gasteiger partial charge in [0.2, 0.25) is 5.76 Å². The van der Waals surface area contributed by atoms with Crippen LogP contribution in [0.4, 0.5) is 0 Å². The lowest BCUT2D eigenvalue weighted by molar-refractivity contribution is 0.0671. The number of nitrogens with zero attached hydrogens (tertiary/aromatic N) is 1. The maximum absolute atomic E-state index is 12.2. The summed E-state index contributed by atoms with van der Waals surface area (Å²) >= 11 is 3.34. The van der Waals surface area contributed by atoms with E-state index in [1.807, 2.05) is 4.90 Å². The smallest absolute Gasteiger partial charge is 0.290 e. The van der Waals surface area contributed by atoms with E-state index in [-0.39, 0.29) is 5.91 Å². The average molecular weight is 327 g/mol. The van der Waals surface area contributed by atoms with Gasteiger partial charge >= 0.3 is 0 Å². The van der Waals surface area contributed by atoms with E-state index < -0.39 is 0 Å². The number of piperidine rings is 1. The number of nitrogens with one attached hydrogen (secondary N) is 1. The van der Waals surface area contributed by atoms with Crippen LogP contribution in [0, 0.1) is 5.92 Å². The van der Waals surface area contributed by atoms with E-state index in [1.165, 1.54) is 12.8 Å². The Morgan fingerprint density at radius 2 is 2.11 bits per heavy atom. The summed E-state index contributed by atoms with van der Waals surface area (Å²) < 4.78 is 5.98. The number of halogens is 1. The summed E-state index contributed by atoms with van der Waals surface area (Å²) in [5.74, 6) is 1.33. The molecule has 5 heteroatoms. The molecule has 4 nitrogen and oxygen atoms in total. The van der Waals surface area contributed by atoms with Crippen molar-refractivity contribution < 1.29 is 9.21 Å². The highest BCUT2D eigenvalue weighted by molar-refractivity contribution is 9.10. The molecule has 1 amide bonds. The molecule has 0 radical (unpaired) electrons. The number of hydrogen-bond acceptors (Lipinski definition) is 3. The van der Waals surface area contributed by atoms with Crippen molar-refractivity contribution in [2.75, 3.05) is 19.6 Å². The van der Waals surface area contributed by atoms with Gasteiger partial charge in [0, 0.05) is 19.1 Å². The van der Waals surface area contributed by atoms with Crippen LogP contribution in [0.5, 0.6) is 0 Å². The van der Waals surface area contributed by atoms with E-state index >= 15 is 0 Å². The molecular formula is C14H19BrN2O2. The van der Waals surface area contributed by atoms with Crippen LogP contribution in [0.3, 0.4) is 0 Å². The molecule has 1 aromatic heterocycles. The van der Waals surface area contributed by atoms with E-state index in [0.29, 0.717) is 11.8 Å². The number of rotatable bonds is 4. The normalized spacial score (nSPS) is 20.8. The first kappa shape index (κ1) is 13.2. The summed E-state index contributed by atoms with van der Waals surface area (Å²) in [6.07, 6.45) is 6.39. The fourth-order valence-electron chi connectivity index (χ4n) is 2.53. The van der Waals surface area contributed by atoms with Gasteiger partial charge in [-0.05, 0) is 60.1 Å². The predicted molar refractivity (Wildman–Crippen MR) is 76.1 cm³/mol. The molecule has 3 rings (SSSR count). The molecule has 1 saturated carbocycles. The van der Waals surface area contributed by atoms with Crippen molar-refractivity contribution in [3.63, 3.8) is 0 Å². The molecule has 104 valence electrons. The topological polar surface area (TPSA) is 45.5 Å². The van der Waals surface area contributed by atoms with Crippen LogP contribution in [-0.2, 0) is 0 Å². The molecule has 1 aliphatic heterocycles. The molecule has 0 spiro atoms. The van der Waals surface area contributed by atoms with Crippen LogP contribution in [0.25, 0.3) is 0 Å². The second kappa shape index (κ2) is 5.67.